The van der Waals surface area contributed by atoms with Gasteiger partial charge in [-0.2, -0.15) is 0 Å². The van der Waals surface area contributed by atoms with Crippen molar-refractivity contribution in [1.82, 2.24) is 10.2 Å². The maximum atomic E-state index is 11.4. The van der Waals surface area contributed by atoms with Crippen molar-refractivity contribution < 1.29 is 9.59 Å². The van der Waals surface area contributed by atoms with E-state index in [9.17, 15) is 9.59 Å². The van der Waals surface area contributed by atoms with Crippen LogP contribution >= 0.6 is 0 Å². The molecule has 4 nitrogen and oxygen atoms in total. The zero-order valence-corrected chi connectivity index (χ0v) is 8.88. The summed E-state index contributed by atoms with van der Waals surface area (Å²) in [7, 11) is 0. The fourth-order valence-corrected chi connectivity index (χ4v) is 1.63. The number of hydrogen-bond acceptors (Lipinski definition) is 2. The second kappa shape index (κ2) is 4.98. The van der Waals surface area contributed by atoms with Crippen LogP contribution in [0.3, 0.4) is 0 Å². The van der Waals surface area contributed by atoms with Gasteiger partial charge in [-0.15, -0.1) is 0 Å². The van der Waals surface area contributed by atoms with Crippen LogP contribution in [0.25, 0.3) is 0 Å². The molecule has 0 aromatic heterocycles. The van der Waals surface area contributed by atoms with Crippen LogP contribution in [0.15, 0.2) is 0 Å². The summed E-state index contributed by atoms with van der Waals surface area (Å²) in [6, 6.07) is 0. The number of hydrogen-bond donors (Lipinski definition) is 1. The highest BCUT2D eigenvalue weighted by Gasteiger charge is 2.24. The van der Waals surface area contributed by atoms with Crippen molar-refractivity contribution in [3.05, 3.63) is 0 Å². The summed E-state index contributed by atoms with van der Waals surface area (Å²) >= 11 is 0. The third-order valence-corrected chi connectivity index (χ3v) is 2.76. The van der Waals surface area contributed by atoms with Gasteiger partial charge in [0.05, 0.1) is 13.1 Å². The van der Waals surface area contributed by atoms with Crippen LogP contribution in [0.2, 0.25) is 0 Å². The van der Waals surface area contributed by atoms with Crippen LogP contribution in [-0.4, -0.2) is 36.3 Å². The fourth-order valence-electron chi connectivity index (χ4n) is 1.63. The van der Waals surface area contributed by atoms with Crippen molar-refractivity contribution in [3.63, 3.8) is 0 Å². The first-order chi connectivity index (χ1) is 6.67. The number of piperazine rings is 1. The lowest BCUT2D eigenvalue weighted by Gasteiger charge is -2.29. The summed E-state index contributed by atoms with van der Waals surface area (Å²) in [5.74, 6) is 0.511. The Kier molecular flexibility index (Phi) is 3.92. The molecule has 0 aromatic carbocycles. The maximum absolute atomic E-state index is 11.4. The van der Waals surface area contributed by atoms with Gasteiger partial charge in [0, 0.05) is 6.54 Å². The van der Waals surface area contributed by atoms with E-state index < -0.39 is 0 Å². The van der Waals surface area contributed by atoms with Gasteiger partial charge in [0.15, 0.2) is 0 Å². The predicted molar refractivity (Wildman–Crippen MR) is 53.7 cm³/mol. The number of carbonyl (C=O) groups is 2. The topological polar surface area (TPSA) is 49.4 Å². The van der Waals surface area contributed by atoms with E-state index in [0.29, 0.717) is 5.92 Å². The number of nitrogens with one attached hydrogen (secondary N) is 1. The SMILES string of the molecule is CCC(CC)CN1CC(=O)NCC1=O. The lowest BCUT2D eigenvalue weighted by molar-refractivity contribution is -0.141. The van der Waals surface area contributed by atoms with Crippen molar-refractivity contribution in [1.29, 1.82) is 0 Å². The minimum Gasteiger partial charge on any atom is -0.345 e. The van der Waals surface area contributed by atoms with Crippen molar-refractivity contribution >= 4 is 11.8 Å². The standard InChI is InChI=1S/C10H18N2O2/c1-3-8(4-2)6-12-7-9(13)11-5-10(12)14/h8H,3-7H2,1-2H3,(H,11,13). The van der Waals surface area contributed by atoms with Crippen molar-refractivity contribution in [2.75, 3.05) is 19.6 Å². The van der Waals surface area contributed by atoms with Gasteiger partial charge < -0.3 is 10.2 Å². The average molecular weight is 198 g/mol. The van der Waals surface area contributed by atoms with Gasteiger partial charge in [-0.3, -0.25) is 9.59 Å². The zero-order valence-electron chi connectivity index (χ0n) is 8.88. The second-order valence-corrected chi connectivity index (χ2v) is 3.73. The molecule has 14 heavy (non-hydrogen) atoms. The van der Waals surface area contributed by atoms with Crippen LogP contribution in [0, 0.1) is 5.92 Å². The zero-order chi connectivity index (χ0) is 10.6. The third kappa shape index (κ3) is 2.72. The molecule has 0 bridgehead atoms. The van der Waals surface area contributed by atoms with Crippen LogP contribution < -0.4 is 5.32 Å². The summed E-state index contributed by atoms with van der Waals surface area (Å²) in [6.07, 6.45) is 2.11. The van der Waals surface area contributed by atoms with Gasteiger partial charge in [-0.1, -0.05) is 26.7 Å². The molecule has 1 aliphatic rings. The Morgan fingerprint density at radius 3 is 2.57 bits per heavy atom. The third-order valence-electron chi connectivity index (χ3n) is 2.76. The Morgan fingerprint density at radius 2 is 2.00 bits per heavy atom. The van der Waals surface area contributed by atoms with E-state index >= 15 is 0 Å². The van der Waals surface area contributed by atoms with Crippen LogP contribution in [0.4, 0.5) is 0 Å². The lowest BCUT2D eigenvalue weighted by atomic mass is 10.0. The molecule has 0 atom stereocenters. The molecule has 1 heterocycles. The maximum Gasteiger partial charge on any atom is 0.242 e. The molecule has 0 unspecified atom stereocenters. The van der Waals surface area contributed by atoms with Crippen molar-refractivity contribution in [3.8, 4) is 0 Å². The van der Waals surface area contributed by atoms with E-state index in [1.165, 1.54) is 0 Å². The first kappa shape index (κ1) is 11.0. The second-order valence-electron chi connectivity index (χ2n) is 3.73. The molecule has 1 N–H and O–H groups in total. The van der Waals surface area contributed by atoms with Gasteiger partial charge in [0.25, 0.3) is 0 Å². The van der Waals surface area contributed by atoms with E-state index in [0.717, 1.165) is 19.4 Å². The van der Waals surface area contributed by atoms with E-state index in [-0.39, 0.29) is 24.9 Å². The molecule has 1 fully saturated rings. The minimum atomic E-state index is -0.0458. The Balaban J connectivity index is 2.48. The Labute approximate surface area is 84.7 Å². The van der Waals surface area contributed by atoms with Gasteiger partial charge >= 0.3 is 0 Å². The van der Waals surface area contributed by atoms with Crippen molar-refractivity contribution in [2.45, 2.75) is 26.7 Å². The minimum absolute atomic E-state index is 0.0384. The van der Waals surface area contributed by atoms with Gasteiger partial charge in [0.2, 0.25) is 11.8 Å². The number of amides is 2. The van der Waals surface area contributed by atoms with Crippen molar-refractivity contribution in [2.24, 2.45) is 5.92 Å². The Bertz CT molecular complexity index is 224. The highest BCUT2D eigenvalue weighted by molar-refractivity contribution is 5.92. The molecule has 0 spiro atoms. The number of carbonyl (C=O) groups excluding carboxylic acids is 2. The van der Waals surface area contributed by atoms with Crippen LogP contribution in [-0.2, 0) is 9.59 Å². The number of nitrogens with zero attached hydrogens (tertiary/aromatic N) is 1. The molecule has 1 saturated heterocycles. The normalized spacial score (nSPS) is 17.5. The highest BCUT2D eigenvalue weighted by Crippen LogP contribution is 2.10. The molecule has 1 rings (SSSR count). The molecule has 0 saturated carbocycles. The summed E-state index contributed by atoms with van der Waals surface area (Å²) in [4.78, 5) is 24.2. The summed E-state index contributed by atoms with van der Waals surface area (Å²) in [5.41, 5.74) is 0. The lowest BCUT2D eigenvalue weighted by Crippen LogP contribution is -2.52. The predicted octanol–water partition coefficient (Wildman–Crippen LogP) is 0.381. The molecule has 0 aromatic rings. The van der Waals surface area contributed by atoms with Gasteiger partial charge in [0.1, 0.15) is 0 Å². The Morgan fingerprint density at radius 1 is 1.36 bits per heavy atom. The quantitative estimate of drug-likeness (QED) is 0.710. The van der Waals surface area contributed by atoms with E-state index in [2.05, 4.69) is 19.2 Å². The number of rotatable bonds is 4. The largest absolute Gasteiger partial charge is 0.345 e. The molecule has 0 aliphatic carbocycles. The highest BCUT2D eigenvalue weighted by atomic mass is 16.2. The monoisotopic (exact) mass is 198 g/mol. The molecule has 1 aliphatic heterocycles. The van der Waals surface area contributed by atoms with E-state index in [1.54, 1.807) is 4.90 Å². The summed E-state index contributed by atoms with van der Waals surface area (Å²) in [5, 5.41) is 2.54. The Hall–Kier alpha value is -1.06. The van der Waals surface area contributed by atoms with Gasteiger partial charge in [-0.05, 0) is 5.92 Å². The summed E-state index contributed by atoms with van der Waals surface area (Å²) in [6.45, 7) is 5.35. The molecule has 2 amide bonds. The molecule has 4 heteroatoms. The molecular weight excluding hydrogens is 180 g/mol. The first-order valence-electron chi connectivity index (χ1n) is 5.21. The van der Waals surface area contributed by atoms with E-state index in [4.69, 9.17) is 0 Å². The summed E-state index contributed by atoms with van der Waals surface area (Å²) < 4.78 is 0. The fraction of sp³-hybridized carbons (Fsp3) is 0.800. The molecular formula is C10H18N2O2. The molecule has 0 radical (unpaired) electrons. The average Bonchev–Trinajstić information content (AvgIpc) is 2.19. The van der Waals surface area contributed by atoms with E-state index in [1.807, 2.05) is 0 Å². The van der Waals surface area contributed by atoms with Gasteiger partial charge in [-0.25, -0.2) is 0 Å². The van der Waals surface area contributed by atoms with Crippen LogP contribution in [0.5, 0.6) is 0 Å². The molecule has 80 valence electrons. The first-order valence-corrected chi connectivity index (χ1v) is 5.21. The smallest absolute Gasteiger partial charge is 0.242 e. The van der Waals surface area contributed by atoms with Crippen LogP contribution in [0.1, 0.15) is 26.7 Å².